The molecule has 0 saturated carbocycles. The monoisotopic (exact) mass is 472 g/mol. The van der Waals surface area contributed by atoms with E-state index in [1.54, 1.807) is 0 Å². The molecular weight excluding hydrogens is 455 g/mol. The summed E-state index contributed by atoms with van der Waals surface area (Å²) < 4.78 is 0. The van der Waals surface area contributed by atoms with Crippen molar-refractivity contribution in [3.8, 4) is 0 Å². The standard InChI is InChI=1S/C27H18Cl2N2O2/c28-19-9-5-16(6-10-19)24-25(17-7-11-20(29)12-8-17)31-33-27(24)14-13-23-21(26(27)32)15-18-3-1-2-4-22(18)30-23/h1-12,15,24H,13-14H2/t24-,27-/m0/s1. The highest BCUT2D eigenvalue weighted by Crippen LogP contribution is 2.48. The van der Waals surface area contributed by atoms with E-state index in [1.807, 2.05) is 78.9 Å². The molecule has 4 nitrogen and oxygen atoms in total. The van der Waals surface area contributed by atoms with E-state index in [1.165, 1.54) is 0 Å². The van der Waals surface area contributed by atoms with Gasteiger partial charge in [0.05, 0.1) is 22.8 Å². The Labute approximate surface area is 200 Å². The Morgan fingerprint density at radius 1 is 0.909 bits per heavy atom. The zero-order chi connectivity index (χ0) is 22.6. The molecule has 1 aromatic heterocycles. The van der Waals surface area contributed by atoms with Crippen molar-refractivity contribution in [2.75, 3.05) is 0 Å². The molecular formula is C27H18Cl2N2O2. The Bertz CT molecular complexity index is 1430. The second-order valence-corrected chi connectivity index (χ2v) is 9.33. The van der Waals surface area contributed by atoms with Crippen LogP contribution in [0.3, 0.4) is 0 Å². The van der Waals surface area contributed by atoms with Crippen molar-refractivity contribution < 1.29 is 9.63 Å². The van der Waals surface area contributed by atoms with Crippen LogP contribution in [0.25, 0.3) is 10.9 Å². The predicted octanol–water partition coefficient (Wildman–Crippen LogP) is 6.63. The number of halogens is 2. The van der Waals surface area contributed by atoms with E-state index in [4.69, 9.17) is 33.0 Å². The third-order valence-electron chi connectivity index (χ3n) is 6.56. The topological polar surface area (TPSA) is 51.5 Å². The van der Waals surface area contributed by atoms with Crippen LogP contribution in [-0.4, -0.2) is 22.1 Å². The quantitative estimate of drug-likeness (QED) is 0.329. The third kappa shape index (κ3) is 3.25. The van der Waals surface area contributed by atoms with Crippen molar-refractivity contribution in [2.45, 2.75) is 24.4 Å². The molecule has 0 saturated heterocycles. The summed E-state index contributed by atoms with van der Waals surface area (Å²) in [5.41, 5.74) is 3.66. The SMILES string of the molecule is O=C1c2cc3ccccc3nc2CC[C@@]12ON=C(c1ccc(Cl)cc1)[C@@H]2c1ccc(Cl)cc1. The van der Waals surface area contributed by atoms with Gasteiger partial charge in [0.2, 0.25) is 11.4 Å². The molecule has 3 aromatic carbocycles. The number of pyridine rings is 1. The van der Waals surface area contributed by atoms with Crippen LogP contribution in [0.5, 0.6) is 0 Å². The highest BCUT2D eigenvalue weighted by atomic mass is 35.5. The lowest BCUT2D eigenvalue weighted by Crippen LogP contribution is -2.48. The van der Waals surface area contributed by atoms with Crippen molar-refractivity contribution in [2.24, 2.45) is 5.16 Å². The van der Waals surface area contributed by atoms with Crippen LogP contribution < -0.4 is 0 Å². The van der Waals surface area contributed by atoms with Crippen molar-refractivity contribution in [1.29, 1.82) is 0 Å². The van der Waals surface area contributed by atoms with E-state index in [0.717, 1.165) is 27.7 Å². The fourth-order valence-electron chi connectivity index (χ4n) is 4.93. The first kappa shape index (κ1) is 20.4. The summed E-state index contributed by atoms with van der Waals surface area (Å²) in [6.45, 7) is 0. The number of para-hydroxylation sites is 1. The van der Waals surface area contributed by atoms with E-state index in [2.05, 4.69) is 5.16 Å². The van der Waals surface area contributed by atoms with E-state index >= 15 is 0 Å². The van der Waals surface area contributed by atoms with Crippen LogP contribution in [0.1, 0.15) is 39.5 Å². The molecule has 0 amide bonds. The number of aryl methyl sites for hydroxylation is 1. The van der Waals surface area contributed by atoms with Crippen LogP contribution in [0, 0.1) is 0 Å². The molecule has 33 heavy (non-hydrogen) atoms. The summed E-state index contributed by atoms with van der Waals surface area (Å²) in [5, 5.41) is 6.68. The number of Topliss-reactive ketones (excluding diaryl/α,β-unsaturated/α-hetero) is 1. The molecule has 1 aliphatic heterocycles. The Morgan fingerprint density at radius 2 is 1.61 bits per heavy atom. The molecule has 2 aliphatic rings. The van der Waals surface area contributed by atoms with Crippen LogP contribution in [0.2, 0.25) is 10.0 Å². The molecule has 1 spiro atoms. The Hall–Kier alpha value is -3.21. The number of hydrogen-bond acceptors (Lipinski definition) is 4. The summed E-state index contributed by atoms with van der Waals surface area (Å²) in [4.78, 5) is 25.0. The number of carbonyl (C=O) groups excluding carboxylic acids is 1. The summed E-state index contributed by atoms with van der Waals surface area (Å²) in [5.74, 6) is -0.474. The van der Waals surface area contributed by atoms with Gasteiger partial charge < -0.3 is 4.84 Å². The van der Waals surface area contributed by atoms with Gasteiger partial charge in [-0.3, -0.25) is 9.78 Å². The van der Waals surface area contributed by atoms with Crippen molar-refractivity contribution >= 4 is 45.6 Å². The fraction of sp³-hybridized carbons (Fsp3) is 0.148. The number of rotatable bonds is 2. The van der Waals surface area contributed by atoms with Gasteiger partial charge in [0.25, 0.3) is 0 Å². The molecule has 0 fully saturated rings. The number of benzene rings is 3. The highest BCUT2D eigenvalue weighted by Gasteiger charge is 2.57. The molecule has 2 heterocycles. The van der Waals surface area contributed by atoms with E-state index in [0.29, 0.717) is 34.2 Å². The number of carbonyl (C=O) groups is 1. The van der Waals surface area contributed by atoms with Gasteiger partial charge in [-0.05, 0) is 48.4 Å². The molecule has 6 heteroatoms. The van der Waals surface area contributed by atoms with E-state index in [9.17, 15) is 4.79 Å². The van der Waals surface area contributed by atoms with Gasteiger partial charge in [-0.2, -0.15) is 0 Å². The van der Waals surface area contributed by atoms with Gasteiger partial charge in [0.15, 0.2) is 0 Å². The normalized spacial score (nSPS) is 21.7. The largest absolute Gasteiger partial charge is 0.379 e. The van der Waals surface area contributed by atoms with E-state index < -0.39 is 5.60 Å². The van der Waals surface area contributed by atoms with Crippen molar-refractivity contribution in [3.05, 3.63) is 111 Å². The molecule has 0 N–H and O–H groups in total. The second-order valence-electron chi connectivity index (χ2n) is 8.45. The number of fused-ring (bicyclic) bond motifs is 2. The maximum absolute atomic E-state index is 14.1. The highest BCUT2D eigenvalue weighted by molar-refractivity contribution is 6.31. The van der Waals surface area contributed by atoms with Gasteiger partial charge in [-0.1, -0.05) is 70.8 Å². The lowest BCUT2D eigenvalue weighted by molar-refractivity contribution is -0.0198. The zero-order valence-corrected chi connectivity index (χ0v) is 19.0. The lowest BCUT2D eigenvalue weighted by Gasteiger charge is -2.35. The zero-order valence-electron chi connectivity index (χ0n) is 17.5. The number of ketones is 1. The fourth-order valence-corrected chi connectivity index (χ4v) is 5.18. The smallest absolute Gasteiger partial charge is 0.212 e. The average molecular weight is 473 g/mol. The maximum Gasteiger partial charge on any atom is 0.212 e. The van der Waals surface area contributed by atoms with Gasteiger partial charge in [-0.15, -0.1) is 0 Å². The van der Waals surface area contributed by atoms with Gasteiger partial charge in [-0.25, -0.2) is 0 Å². The van der Waals surface area contributed by atoms with Crippen LogP contribution >= 0.6 is 23.2 Å². The summed E-state index contributed by atoms with van der Waals surface area (Å²) in [7, 11) is 0. The molecule has 0 radical (unpaired) electrons. The Morgan fingerprint density at radius 3 is 2.36 bits per heavy atom. The van der Waals surface area contributed by atoms with Gasteiger partial charge in [0.1, 0.15) is 0 Å². The number of nitrogens with zero attached hydrogens (tertiary/aromatic N) is 2. The van der Waals surface area contributed by atoms with Crippen LogP contribution in [0.4, 0.5) is 0 Å². The lowest BCUT2D eigenvalue weighted by atomic mass is 9.68. The third-order valence-corrected chi connectivity index (χ3v) is 7.06. The first-order valence-electron chi connectivity index (χ1n) is 10.8. The number of aromatic nitrogens is 1. The van der Waals surface area contributed by atoms with Gasteiger partial charge >= 0.3 is 0 Å². The first-order valence-corrected chi connectivity index (χ1v) is 11.5. The molecule has 6 rings (SSSR count). The molecule has 0 bridgehead atoms. The Kier molecular flexibility index (Phi) is 4.75. The minimum atomic E-state index is -1.14. The van der Waals surface area contributed by atoms with E-state index in [-0.39, 0.29) is 11.7 Å². The molecule has 0 unspecified atom stereocenters. The average Bonchev–Trinajstić information content (AvgIpc) is 3.22. The summed E-state index contributed by atoms with van der Waals surface area (Å²) in [6, 6.07) is 24.8. The van der Waals surface area contributed by atoms with Crippen molar-refractivity contribution in [3.63, 3.8) is 0 Å². The van der Waals surface area contributed by atoms with Crippen molar-refractivity contribution in [1.82, 2.24) is 4.98 Å². The maximum atomic E-state index is 14.1. The number of oxime groups is 1. The number of hydrogen-bond donors (Lipinski definition) is 0. The minimum Gasteiger partial charge on any atom is -0.379 e. The minimum absolute atomic E-state index is 0.0883. The summed E-state index contributed by atoms with van der Waals surface area (Å²) in [6.07, 6.45) is 1.11. The molecule has 1 aliphatic carbocycles. The second kappa shape index (κ2) is 7.68. The Balaban J connectivity index is 1.50. The molecule has 2 atom stereocenters. The van der Waals surface area contributed by atoms with Crippen LogP contribution in [0.15, 0.2) is 84.0 Å². The molecule has 162 valence electrons. The van der Waals surface area contributed by atoms with Gasteiger partial charge in [0, 0.05) is 33.0 Å². The summed E-state index contributed by atoms with van der Waals surface area (Å²) >= 11 is 12.3. The first-order chi connectivity index (χ1) is 16.0. The van der Waals surface area contributed by atoms with Crippen LogP contribution in [-0.2, 0) is 11.3 Å². The molecule has 4 aromatic rings. The predicted molar refractivity (Wildman–Crippen MR) is 130 cm³/mol.